The maximum atomic E-state index is 12.6. The van der Waals surface area contributed by atoms with E-state index in [0.717, 1.165) is 0 Å². The lowest BCUT2D eigenvalue weighted by Gasteiger charge is -2.17. The van der Waals surface area contributed by atoms with Gasteiger partial charge in [-0.2, -0.15) is 0 Å². The maximum absolute atomic E-state index is 12.6. The zero-order valence-electron chi connectivity index (χ0n) is 15.4. The summed E-state index contributed by atoms with van der Waals surface area (Å²) in [7, 11) is 0. The topological polar surface area (TPSA) is 109 Å². The largest absolute Gasteiger partial charge is 0.457 e. The van der Waals surface area contributed by atoms with Crippen molar-refractivity contribution in [3.05, 3.63) is 52.8 Å². The van der Waals surface area contributed by atoms with Crippen molar-refractivity contribution in [3.8, 4) is 11.3 Å². The van der Waals surface area contributed by atoms with Crippen LogP contribution in [0.25, 0.3) is 17.4 Å². The summed E-state index contributed by atoms with van der Waals surface area (Å²) in [4.78, 5) is 50.0. The minimum absolute atomic E-state index is 0.0509. The molecule has 1 aromatic heterocycles. The van der Waals surface area contributed by atoms with E-state index in [2.05, 4.69) is 10.6 Å². The lowest BCUT2D eigenvalue weighted by atomic mass is 10.0. The summed E-state index contributed by atoms with van der Waals surface area (Å²) in [5.41, 5.74) is 1.13. The van der Waals surface area contributed by atoms with Crippen molar-refractivity contribution in [2.24, 2.45) is 0 Å². The van der Waals surface area contributed by atoms with Gasteiger partial charge in [0, 0.05) is 11.6 Å². The van der Waals surface area contributed by atoms with Gasteiger partial charge in [-0.3, -0.25) is 34.7 Å². The predicted octanol–water partition coefficient (Wildman–Crippen LogP) is 1.87. The smallest absolute Gasteiger partial charge is 0.263 e. The van der Waals surface area contributed by atoms with E-state index in [0.29, 0.717) is 22.5 Å². The molecule has 146 valence electrons. The van der Waals surface area contributed by atoms with E-state index in [1.807, 2.05) is 0 Å². The highest BCUT2D eigenvalue weighted by molar-refractivity contribution is 7.80. The molecule has 0 saturated carbocycles. The minimum Gasteiger partial charge on any atom is -0.457 e. The summed E-state index contributed by atoms with van der Waals surface area (Å²) in [5, 5.41) is 4.64. The van der Waals surface area contributed by atoms with Crippen LogP contribution in [0, 0.1) is 0 Å². The van der Waals surface area contributed by atoms with Crippen molar-refractivity contribution >= 4 is 47.0 Å². The number of carbonyl (C=O) groups excluding carboxylic acids is 4. The number of benzene rings is 1. The van der Waals surface area contributed by atoms with Gasteiger partial charge in [0.25, 0.3) is 23.6 Å². The lowest BCUT2D eigenvalue weighted by Crippen LogP contribution is -2.51. The van der Waals surface area contributed by atoms with Gasteiger partial charge in [0.15, 0.2) is 5.11 Å². The van der Waals surface area contributed by atoms with Gasteiger partial charge < -0.3 is 4.42 Å². The summed E-state index contributed by atoms with van der Waals surface area (Å²) in [6.45, 7) is 3.55. The molecule has 0 unspecified atom stereocenters. The number of hydrogen-bond acceptors (Lipinski definition) is 6. The van der Waals surface area contributed by atoms with Crippen LogP contribution in [0.5, 0.6) is 0 Å². The van der Waals surface area contributed by atoms with Crippen LogP contribution in [0.3, 0.4) is 0 Å². The minimum atomic E-state index is -0.618. The first-order valence-electron chi connectivity index (χ1n) is 8.77. The Morgan fingerprint density at radius 1 is 0.966 bits per heavy atom. The van der Waals surface area contributed by atoms with Crippen molar-refractivity contribution in [3.63, 3.8) is 0 Å². The predicted molar refractivity (Wildman–Crippen MR) is 107 cm³/mol. The Morgan fingerprint density at radius 2 is 1.62 bits per heavy atom. The molecule has 4 amide bonds. The normalized spacial score (nSPS) is 16.3. The number of amides is 4. The van der Waals surface area contributed by atoms with Crippen LogP contribution in [0.15, 0.2) is 40.3 Å². The quantitative estimate of drug-likeness (QED) is 0.347. The van der Waals surface area contributed by atoms with Crippen LogP contribution >= 0.6 is 12.2 Å². The molecular weight excluding hydrogens is 394 g/mol. The summed E-state index contributed by atoms with van der Waals surface area (Å²) in [6, 6.07) is 7.88. The second kappa shape index (κ2) is 6.78. The second-order valence-electron chi connectivity index (χ2n) is 6.83. The number of carbonyl (C=O) groups is 4. The summed E-state index contributed by atoms with van der Waals surface area (Å²) >= 11 is 4.76. The molecule has 4 rings (SSSR count). The van der Waals surface area contributed by atoms with Gasteiger partial charge in [-0.15, -0.1) is 0 Å². The molecule has 9 heteroatoms. The zero-order chi connectivity index (χ0) is 20.9. The van der Waals surface area contributed by atoms with Crippen LogP contribution in [0.2, 0.25) is 0 Å². The third-order valence-electron chi connectivity index (χ3n) is 4.58. The highest BCUT2D eigenvalue weighted by atomic mass is 32.1. The van der Waals surface area contributed by atoms with Crippen molar-refractivity contribution in [2.45, 2.75) is 19.9 Å². The molecule has 8 nitrogen and oxygen atoms in total. The SMILES string of the molecule is CC(C)N1C(=O)c2ccc(-c3ccc(C=C4C(=O)NC(=S)NC4=O)o3)cc2C1=O. The van der Waals surface area contributed by atoms with Crippen LogP contribution in [0.1, 0.15) is 40.3 Å². The number of rotatable bonds is 3. The average Bonchev–Trinajstić information content (AvgIpc) is 3.21. The maximum Gasteiger partial charge on any atom is 0.263 e. The molecule has 2 aromatic rings. The number of imide groups is 1. The summed E-state index contributed by atoms with van der Waals surface area (Å²) in [5.74, 6) is -1.19. The fourth-order valence-electron chi connectivity index (χ4n) is 3.22. The Bertz CT molecular complexity index is 1120. The monoisotopic (exact) mass is 409 g/mol. The van der Waals surface area contributed by atoms with E-state index in [-0.39, 0.29) is 34.3 Å². The number of nitrogens with zero attached hydrogens (tertiary/aromatic N) is 1. The van der Waals surface area contributed by atoms with E-state index in [1.54, 1.807) is 44.2 Å². The van der Waals surface area contributed by atoms with Gasteiger partial charge >= 0.3 is 0 Å². The molecule has 3 heterocycles. The highest BCUT2D eigenvalue weighted by Crippen LogP contribution is 2.31. The van der Waals surface area contributed by atoms with Crippen LogP contribution in [-0.4, -0.2) is 39.7 Å². The molecule has 2 aliphatic heterocycles. The standard InChI is InChI=1S/C20H15N3O5S/c1-9(2)23-18(26)12-5-3-10(7-13(12)19(23)27)15-6-4-11(28-15)8-14-16(24)21-20(29)22-17(14)25/h3-9H,1-2H3,(H2,21,22,24,25,29). The van der Waals surface area contributed by atoms with Crippen molar-refractivity contribution < 1.29 is 23.6 Å². The van der Waals surface area contributed by atoms with Crippen LogP contribution in [-0.2, 0) is 9.59 Å². The van der Waals surface area contributed by atoms with Crippen LogP contribution < -0.4 is 10.6 Å². The Labute approximate surface area is 170 Å². The molecule has 0 radical (unpaired) electrons. The van der Waals surface area contributed by atoms with Crippen molar-refractivity contribution in [1.29, 1.82) is 0 Å². The molecule has 2 aliphatic rings. The van der Waals surface area contributed by atoms with Crippen LogP contribution in [0.4, 0.5) is 0 Å². The van der Waals surface area contributed by atoms with E-state index in [9.17, 15) is 19.2 Å². The molecule has 1 saturated heterocycles. The molecule has 1 fully saturated rings. The Hall–Kier alpha value is -3.59. The first-order chi connectivity index (χ1) is 13.8. The van der Waals surface area contributed by atoms with Gasteiger partial charge in [0.1, 0.15) is 17.1 Å². The first kappa shape index (κ1) is 18.8. The van der Waals surface area contributed by atoms with Gasteiger partial charge in [-0.05, 0) is 56.4 Å². The fourth-order valence-corrected chi connectivity index (χ4v) is 3.40. The first-order valence-corrected chi connectivity index (χ1v) is 9.17. The molecule has 0 aliphatic carbocycles. The molecule has 0 spiro atoms. The third kappa shape index (κ3) is 3.15. The zero-order valence-corrected chi connectivity index (χ0v) is 16.3. The van der Waals surface area contributed by atoms with Gasteiger partial charge in [-0.1, -0.05) is 6.07 Å². The molecule has 1 aromatic carbocycles. The molecule has 2 N–H and O–H groups in total. The molecular formula is C20H15N3O5S. The van der Waals surface area contributed by atoms with Gasteiger partial charge in [-0.25, -0.2) is 0 Å². The second-order valence-corrected chi connectivity index (χ2v) is 7.24. The average molecular weight is 409 g/mol. The number of fused-ring (bicyclic) bond motifs is 1. The third-order valence-corrected chi connectivity index (χ3v) is 4.78. The van der Waals surface area contributed by atoms with Gasteiger partial charge in [0.2, 0.25) is 0 Å². The van der Waals surface area contributed by atoms with E-state index in [1.165, 1.54) is 11.0 Å². The number of hydrogen-bond donors (Lipinski definition) is 2. The number of thiocarbonyl (C=S) groups is 1. The summed E-state index contributed by atoms with van der Waals surface area (Å²) < 4.78 is 5.71. The molecule has 29 heavy (non-hydrogen) atoms. The lowest BCUT2D eigenvalue weighted by molar-refractivity contribution is -0.123. The number of nitrogens with one attached hydrogen (secondary N) is 2. The molecule has 0 bridgehead atoms. The fraction of sp³-hybridized carbons (Fsp3) is 0.150. The number of furan rings is 1. The summed E-state index contributed by atoms with van der Waals surface area (Å²) in [6.07, 6.45) is 1.30. The Balaban J connectivity index is 1.65. The van der Waals surface area contributed by atoms with E-state index >= 15 is 0 Å². The van der Waals surface area contributed by atoms with E-state index in [4.69, 9.17) is 16.6 Å². The van der Waals surface area contributed by atoms with E-state index < -0.39 is 11.8 Å². The Kier molecular flexibility index (Phi) is 4.39. The van der Waals surface area contributed by atoms with Gasteiger partial charge in [0.05, 0.1) is 11.1 Å². The Morgan fingerprint density at radius 3 is 2.28 bits per heavy atom. The van der Waals surface area contributed by atoms with Crippen molar-refractivity contribution in [1.82, 2.24) is 15.5 Å². The highest BCUT2D eigenvalue weighted by Gasteiger charge is 2.37. The molecule has 0 atom stereocenters. The van der Waals surface area contributed by atoms with Crippen molar-refractivity contribution in [2.75, 3.05) is 0 Å².